The van der Waals surface area contributed by atoms with Crippen molar-refractivity contribution in [3.05, 3.63) is 191 Å². The number of azo groups is 2. The normalized spacial score (nSPS) is 12.0. The van der Waals surface area contributed by atoms with Crippen LogP contribution in [-0.4, -0.2) is 27.8 Å². The van der Waals surface area contributed by atoms with Gasteiger partial charge in [-0.1, -0.05) is 103 Å². The van der Waals surface area contributed by atoms with E-state index in [9.17, 15) is 24.6 Å². The minimum atomic E-state index is -0.582. The van der Waals surface area contributed by atoms with Crippen LogP contribution in [0.3, 0.4) is 0 Å². The number of rotatable bonds is 8. The number of anilines is 2. The van der Waals surface area contributed by atoms with Crippen LogP contribution < -0.4 is 10.6 Å². The summed E-state index contributed by atoms with van der Waals surface area (Å²) in [6.07, 6.45) is 0. The maximum absolute atomic E-state index is 14.0. The second kappa shape index (κ2) is 15.8. The predicted molar refractivity (Wildman–Crippen MR) is 246 cm³/mol. The number of carbonyl (C=O) groups excluding carboxylic acids is 3. The smallest absolute Gasteiger partial charge is 0.259 e. The SMILES string of the molecule is O=C1c2cc(N=Nc3c(O)c(C(=O)Nc4ccccc4)cc4cc5ccccc5cc34)ccc2-c2ccc(N=Nc3c(O)c(C(=O)Nc4ccccc4Cl)cc4ccccc34)cc21. The Morgan fingerprint density at radius 2 is 0.984 bits per heavy atom. The molecule has 0 saturated heterocycles. The Morgan fingerprint density at radius 3 is 1.63 bits per heavy atom. The third kappa shape index (κ3) is 7.18. The molecule has 0 aliphatic heterocycles. The largest absolute Gasteiger partial charge is 0.505 e. The average molecular weight is 843 g/mol. The van der Waals surface area contributed by atoms with E-state index in [0.29, 0.717) is 71.6 Å². The fourth-order valence-corrected chi connectivity index (χ4v) is 7.98. The van der Waals surface area contributed by atoms with E-state index in [0.717, 1.165) is 10.8 Å². The minimum Gasteiger partial charge on any atom is -0.505 e. The molecule has 11 nitrogen and oxygen atoms in total. The molecule has 0 saturated carbocycles. The van der Waals surface area contributed by atoms with Crippen molar-refractivity contribution in [1.29, 1.82) is 0 Å². The van der Waals surface area contributed by atoms with E-state index in [1.54, 1.807) is 115 Å². The van der Waals surface area contributed by atoms with E-state index in [1.807, 2.05) is 48.5 Å². The van der Waals surface area contributed by atoms with Gasteiger partial charge >= 0.3 is 0 Å². The van der Waals surface area contributed by atoms with E-state index in [4.69, 9.17) is 11.6 Å². The molecule has 63 heavy (non-hydrogen) atoms. The van der Waals surface area contributed by atoms with Crippen LogP contribution in [0.4, 0.5) is 34.1 Å². The number of amides is 2. The number of nitrogens with one attached hydrogen (secondary N) is 2. The average Bonchev–Trinajstić information content (AvgIpc) is 3.58. The van der Waals surface area contributed by atoms with Crippen molar-refractivity contribution in [3.63, 3.8) is 0 Å². The monoisotopic (exact) mass is 842 g/mol. The highest BCUT2D eigenvalue weighted by atomic mass is 35.5. The molecule has 0 bridgehead atoms. The summed E-state index contributed by atoms with van der Waals surface area (Å²) in [5.41, 5.74) is 4.01. The van der Waals surface area contributed by atoms with Gasteiger partial charge in [0.2, 0.25) is 0 Å². The van der Waals surface area contributed by atoms with Crippen molar-refractivity contribution in [2.24, 2.45) is 20.5 Å². The molecule has 1 aliphatic carbocycles. The fourth-order valence-electron chi connectivity index (χ4n) is 7.79. The highest BCUT2D eigenvalue weighted by Gasteiger charge is 2.28. The Kier molecular flexibility index (Phi) is 9.70. The van der Waals surface area contributed by atoms with Gasteiger partial charge in [0.1, 0.15) is 11.4 Å². The van der Waals surface area contributed by atoms with Crippen LogP contribution >= 0.6 is 11.6 Å². The van der Waals surface area contributed by atoms with Crippen LogP contribution in [0.15, 0.2) is 184 Å². The van der Waals surface area contributed by atoms with Gasteiger partial charge < -0.3 is 20.8 Å². The molecule has 12 heteroatoms. The molecule has 0 radical (unpaired) electrons. The van der Waals surface area contributed by atoms with Crippen LogP contribution in [0.2, 0.25) is 5.02 Å². The van der Waals surface area contributed by atoms with Gasteiger partial charge in [0.05, 0.1) is 33.2 Å². The number of phenols is 2. The summed E-state index contributed by atoms with van der Waals surface area (Å²) in [7, 11) is 0. The molecule has 0 heterocycles. The molecule has 1 aliphatic rings. The molecular formula is C51H31ClN6O5. The molecule has 0 atom stereocenters. The van der Waals surface area contributed by atoms with E-state index in [2.05, 4.69) is 31.1 Å². The lowest BCUT2D eigenvalue weighted by Gasteiger charge is -2.12. The Balaban J connectivity index is 0.956. The number of halogens is 1. The topological polar surface area (TPSA) is 165 Å². The van der Waals surface area contributed by atoms with Crippen molar-refractivity contribution in [3.8, 4) is 22.6 Å². The van der Waals surface area contributed by atoms with Crippen LogP contribution in [0.1, 0.15) is 36.6 Å². The Labute approximate surface area is 363 Å². The van der Waals surface area contributed by atoms with Crippen LogP contribution in [0.5, 0.6) is 11.5 Å². The van der Waals surface area contributed by atoms with Crippen molar-refractivity contribution in [2.45, 2.75) is 0 Å². The van der Waals surface area contributed by atoms with Gasteiger partial charge in [-0.05, 0) is 105 Å². The lowest BCUT2D eigenvalue weighted by Crippen LogP contribution is -2.12. The lowest BCUT2D eigenvalue weighted by atomic mass is 9.99. The van der Waals surface area contributed by atoms with Crippen molar-refractivity contribution < 1.29 is 24.6 Å². The third-order valence-corrected chi connectivity index (χ3v) is 11.2. The number of carbonyl (C=O) groups is 3. The molecule has 9 aromatic rings. The number of para-hydroxylation sites is 2. The fraction of sp³-hybridized carbons (Fsp3) is 0. The highest BCUT2D eigenvalue weighted by Crippen LogP contribution is 2.44. The van der Waals surface area contributed by atoms with Crippen molar-refractivity contribution in [1.82, 2.24) is 0 Å². The number of hydrogen-bond acceptors (Lipinski definition) is 9. The van der Waals surface area contributed by atoms with Gasteiger partial charge in [0, 0.05) is 27.6 Å². The zero-order valence-corrected chi connectivity index (χ0v) is 33.6. The summed E-state index contributed by atoms with van der Waals surface area (Å²) in [5.74, 6) is -2.07. The van der Waals surface area contributed by atoms with Crippen LogP contribution in [0, 0.1) is 0 Å². The summed E-state index contributed by atoms with van der Waals surface area (Å²) in [5, 5.41) is 51.1. The Hall–Kier alpha value is -8.54. The molecule has 0 spiro atoms. The quantitative estimate of drug-likeness (QED) is 0.0881. The first kappa shape index (κ1) is 38.6. The first-order chi connectivity index (χ1) is 30.7. The summed E-state index contributed by atoms with van der Waals surface area (Å²) in [4.78, 5) is 40.9. The minimum absolute atomic E-state index is 0.0201. The summed E-state index contributed by atoms with van der Waals surface area (Å²) >= 11 is 6.27. The van der Waals surface area contributed by atoms with E-state index >= 15 is 0 Å². The van der Waals surface area contributed by atoms with Crippen LogP contribution in [-0.2, 0) is 0 Å². The highest BCUT2D eigenvalue weighted by molar-refractivity contribution is 6.34. The van der Waals surface area contributed by atoms with Gasteiger partial charge in [-0.2, -0.15) is 10.2 Å². The van der Waals surface area contributed by atoms with E-state index in [1.165, 1.54) is 0 Å². The van der Waals surface area contributed by atoms with E-state index in [-0.39, 0.29) is 39.8 Å². The number of nitrogens with zero attached hydrogens (tertiary/aromatic N) is 4. The number of phenolic OH excluding ortho intramolecular Hbond substituents is 2. The second-order valence-corrected chi connectivity index (χ2v) is 15.2. The predicted octanol–water partition coefficient (Wildman–Crippen LogP) is 13.8. The molecule has 10 rings (SSSR count). The number of fused-ring (bicyclic) bond motifs is 6. The van der Waals surface area contributed by atoms with Gasteiger partial charge in [0.15, 0.2) is 17.3 Å². The van der Waals surface area contributed by atoms with Crippen molar-refractivity contribution >= 4 is 95.6 Å². The standard InChI is InChI=1S/C51H31ClN6O5/c52-43-16-8-9-17-44(43)54-51(63)41-24-30-12-6-7-15-35(30)45(48(41)60)57-55-33-18-20-36-37-21-19-34(27-40(37)47(59)39(36)26-33)56-58-46-38-23-29-11-5-4-10-28(29)22-31(38)25-42(49(46)61)50(62)53-32-13-2-1-3-14-32/h1-27,60-61H,(H,53,62)(H,54,63). The van der Waals surface area contributed by atoms with Gasteiger partial charge in [-0.25, -0.2) is 0 Å². The molecule has 4 N–H and O–H groups in total. The Bertz CT molecular complexity index is 3460. The zero-order chi connectivity index (χ0) is 43.2. The van der Waals surface area contributed by atoms with Gasteiger partial charge in [0.25, 0.3) is 11.8 Å². The lowest BCUT2D eigenvalue weighted by molar-refractivity contribution is 0.101. The first-order valence-electron chi connectivity index (χ1n) is 19.7. The molecular weight excluding hydrogens is 812 g/mol. The molecule has 302 valence electrons. The summed E-state index contributed by atoms with van der Waals surface area (Å²) < 4.78 is 0. The number of hydrogen-bond donors (Lipinski definition) is 4. The van der Waals surface area contributed by atoms with Crippen molar-refractivity contribution in [2.75, 3.05) is 10.6 Å². The Morgan fingerprint density at radius 1 is 0.460 bits per heavy atom. The molecule has 2 amide bonds. The number of benzene rings is 9. The van der Waals surface area contributed by atoms with E-state index < -0.39 is 11.8 Å². The maximum Gasteiger partial charge on any atom is 0.259 e. The number of aromatic hydroxyl groups is 2. The molecule has 0 unspecified atom stereocenters. The summed E-state index contributed by atoms with van der Waals surface area (Å²) in [6, 6.07) is 48.0. The van der Waals surface area contributed by atoms with Crippen LogP contribution in [0.25, 0.3) is 43.4 Å². The first-order valence-corrected chi connectivity index (χ1v) is 20.1. The van der Waals surface area contributed by atoms with Gasteiger partial charge in [-0.15, -0.1) is 10.2 Å². The maximum atomic E-state index is 14.0. The number of ketones is 1. The molecule has 9 aromatic carbocycles. The molecule has 0 aromatic heterocycles. The second-order valence-electron chi connectivity index (χ2n) is 14.8. The zero-order valence-electron chi connectivity index (χ0n) is 32.9. The molecule has 0 fully saturated rings. The third-order valence-electron chi connectivity index (χ3n) is 10.9. The van der Waals surface area contributed by atoms with Gasteiger partial charge in [-0.3, -0.25) is 14.4 Å². The summed E-state index contributed by atoms with van der Waals surface area (Å²) in [6.45, 7) is 0.